The second kappa shape index (κ2) is 4.38. The summed E-state index contributed by atoms with van der Waals surface area (Å²) in [5.74, 6) is -2.26. The van der Waals surface area contributed by atoms with Gasteiger partial charge >= 0.3 is 12.1 Å². The molecule has 0 fully saturated rings. The lowest BCUT2D eigenvalue weighted by atomic mass is 10.1. The zero-order valence-corrected chi connectivity index (χ0v) is 9.62. The smallest absolute Gasteiger partial charge is 0.433 e. The molecule has 0 saturated heterocycles. The number of carboxylic acid groups (broad SMARTS) is 1. The van der Waals surface area contributed by atoms with E-state index in [-0.39, 0.29) is 5.69 Å². The predicted octanol–water partition coefficient (Wildman–Crippen LogP) is 2.67. The van der Waals surface area contributed by atoms with Crippen molar-refractivity contribution in [3.05, 3.63) is 17.5 Å². The van der Waals surface area contributed by atoms with Gasteiger partial charge in [-0.3, -0.25) is 9.48 Å². The SMILES string of the molecule is CC(C(=O)O)c1cc(C(F)(F)F)n(C(C)C)n1. The summed E-state index contributed by atoms with van der Waals surface area (Å²) in [7, 11) is 0. The minimum atomic E-state index is -4.53. The Morgan fingerprint density at radius 1 is 1.41 bits per heavy atom. The van der Waals surface area contributed by atoms with Crippen molar-refractivity contribution >= 4 is 5.97 Å². The van der Waals surface area contributed by atoms with Crippen molar-refractivity contribution in [1.29, 1.82) is 0 Å². The van der Waals surface area contributed by atoms with Gasteiger partial charge in [-0.05, 0) is 26.8 Å². The Balaban J connectivity index is 3.27. The average Bonchev–Trinajstić information content (AvgIpc) is 2.59. The zero-order valence-electron chi connectivity index (χ0n) is 9.62. The van der Waals surface area contributed by atoms with Crippen LogP contribution in [0.3, 0.4) is 0 Å². The molecule has 1 unspecified atom stereocenters. The summed E-state index contributed by atoms with van der Waals surface area (Å²) in [6.07, 6.45) is -4.53. The molecule has 1 N–H and O–H groups in total. The summed E-state index contributed by atoms with van der Waals surface area (Å²) in [6, 6.07) is 0.306. The van der Waals surface area contributed by atoms with Crippen LogP contribution in [0, 0.1) is 0 Å². The highest BCUT2D eigenvalue weighted by atomic mass is 19.4. The minimum Gasteiger partial charge on any atom is -0.481 e. The third-order valence-corrected chi connectivity index (χ3v) is 2.35. The first kappa shape index (κ1) is 13.5. The maximum Gasteiger partial charge on any atom is 0.433 e. The normalized spacial score (nSPS) is 14.1. The van der Waals surface area contributed by atoms with E-state index in [1.165, 1.54) is 6.92 Å². The van der Waals surface area contributed by atoms with Crippen molar-refractivity contribution in [3.63, 3.8) is 0 Å². The molecule has 0 spiro atoms. The van der Waals surface area contributed by atoms with Gasteiger partial charge in [0, 0.05) is 6.04 Å². The fourth-order valence-electron chi connectivity index (χ4n) is 1.36. The van der Waals surface area contributed by atoms with E-state index in [0.717, 1.165) is 10.7 Å². The van der Waals surface area contributed by atoms with Gasteiger partial charge in [-0.15, -0.1) is 0 Å². The molecule has 4 nitrogen and oxygen atoms in total. The molecule has 1 rings (SSSR count). The van der Waals surface area contributed by atoms with E-state index in [2.05, 4.69) is 5.10 Å². The molecule has 0 bridgehead atoms. The van der Waals surface area contributed by atoms with Gasteiger partial charge in [0.25, 0.3) is 0 Å². The van der Waals surface area contributed by atoms with Crippen LogP contribution < -0.4 is 0 Å². The van der Waals surface area contributed by atoms with Gasteiger partial charge in [-0.2, -0.15) is 18.3 Å². The highest BCUT2D eigenvalue weighted by Gasteiger charge is 2.37. The van der Waals surface area contributed by atoms with Crippen molar-refractivity contribution in [3.8, 4) is 0 Å². The molecule has 17 heavy (non-hydrogen) atoms. The molecular weight excluding hydrogens is 237 g/mol. The first-order valence-electron chi connectivity index (χ1n) is 5.04. The Kier molecular flexibility index (Phi) is 3.49. The standard InChI is InChI=1S/C10H13F3N2O2/c1-5(2)15-8(10(11,12)13)4-7(14-15)6(3)9(16)17/h4-6H,1-3H3,(H,16,17). The lowest BCUT2D eigenvalue weighted by molar-refractivity contribution is -0.144. The van der Waals surface area contributed by atoms with Crippen molar-refractivity contribution in [1.82, 2.24) is 9.78 Å². The number of carboxylic acids is 1. The highest BCUT2D eigenvalue weighted by molar-refractivity contribution is 5.74. The summed E-state index contributed by atoms with van der Waals surface area (Å²) in [6.45, 7) is 4.41. The molecular formula is C10H13F3N2O2. The fraction of sp³-hybridized carbons (Fsp3) is 0.600. The summed E-state index contributed by atoms with van der Waals surface area (Å²) >= 11 is 0. The average molecular weight is 250 g/mol. The summed E-state index contributed by atoms with van der Waals surface area (Å²) in [5, 5.41) is 12.5. The van der Waals surface area contributed by atoms with Crippen LogP contribution in [0.15, 0.2) is 6.07 Å². The lowest BCUT2D eigenvalue weighted by Crippen LogP contribution is -2.16. The van der Waals surface area contributed by atoms with E-state index in [4.69, 9.17) is 5.11 Å². The number of hydrogen-bond donors (Lipinski definition) is 1. The van der Waals surface area contributed by atoms with E-state index in [0.29, 0.717) is 0 Å². The molecule has 7 heteroatoms. The number of halogens is 3. The molecule has 0 aliphatic heterocycles. The Labute approximate surface area is 96.0 Å². The Morgan fingerprint density at radius 3 is 2.24 bits per heavy atom. The second-order valence-corrected chi connectivity index (χ2v) is 4.05. The van der Waals surface area contributed by atoms with Crippen LogP contribution in [0.2, 0.25) is 0 Å². The number of aromatic nitrogens is 2. The number of alkyl halides is 3. The van der Waals surface area contributed by atoms with Crippen LogP contribution in [-0.4, -0.2) is 20.9 Å². The van der Waals surface area contributed by atoms with E-state index in [1.807, 2.05) is 0 Å². The van der Waals surface area contributed by atoms with Crippen LogP contribution >= 0.6 is 0 Å². The van der Waals surface area contributed by atoms with Crippen molar-refractivity contribution in [2.24, 2.45) is 0 Å². The van der Waals surface area contributed by atoms with Crippen LogP contribution in [0.4, 0.5) is 13.2 Å². The van der Waals surface area contributed by atoms with E-state index >= 15 is 0 Å². The van der Waals surface area contributed by atoms with Gasteiger partial charge < -0.3 is 5.11 Å². The first-order chi connectivity index (χ1) is 7.64. The van der Waals surface area contributed by atoms with Crippen LogP contribution in [0.1, 0.15) is 44.1 Å². The fourth-order valence-corrected chi connectivity index (χ4v) is 1.36. The molecule has 1 atom stereocenters. The molecule has 1 heterocycles. The number of carbonyl (C=O) groups is 1. The van der Waals surface area contributed by atoms with E-state index < -0.39 is 29.8 Å². The Bertz CT molecular complexity index is 424. The molecule has 0 amide bonds. The molecule has 0 saturated carbocycles. The zero-order chi connectivity index (χ0) is 13.4. The highest BCUT2D eigenvalue weighted by Crippen LogP contribution is 2.32. The van der Waals surface area contributed by atoms with Gasteiger partial charge in [0.2, 0.25) is 0 Å². The Morgan fingerprint density at radius 2 is 1.94 bits per heavy atom. The number of hydrogen-bond acceptors (Lipinski definition) is 2. The molecule has 0 aromatic carbocycles. The van der Waals surface area contributed by atoms with Gasteiger partial charge in [-0.25, -0.2) is 0 Å². The molecule has 0 radical (unpaired) electrons. The van der Waals surface area contributed by atoms with Gasteiger partial charge in [-0.1, -0.05) is 0 Å². The Hall–Kier alpha value is -1.53. The molecule has 1 aromatic heterocycles. The molecule has 1 aromatic rings. The molecule has 0 aliphatic rings. The van der Waals surface area contributed by atoms with Crippen LogP contribution in [0.5, 0.6) is 0 Å². The largest absolute Gasteiger partial charge is 0.481 e. The third-order valence-electron chi connectivity index (χ3n) is 2.35. The van der Waals surface area contributed by atoms with Gasteiger partial charge in [0.1, 0.15) is 5.69 Å². The predicted molar refractivity (Wildman–Crippen MR) is 53.7 cm³/mol. The summed E-state index contributed by atoms with van der Waals surface area (Å²) < 4.78 is 38.8. The van der Waals surface area contributed by atoms with E-state index in [9.17, 15) is 18.0 Å². The quantitative estimate of drug-likeness (QED) is 0.897. The van der Waals surface area contributed by atoms with Gasteiger partial charge in [0.15, 0.2) is 0 Å². The number of rotatable bonds is 3. The topological polar surface area (TPSA) is 55.1 Å². The summed E-state index contributed by atoms with van der Waals surface area (Å²) in [4.78, 5) is 10.7. The molecule has 96 valence electrons. The number of aliphatic carboxylic acids is 1. The van der Waals surface area contributed by atoms with Crippen molar-refractivity contribution < 1.29 is 23.1 Å². The van der Waals surface area contributed by atoms with Crippen LogP contribution in [0.25, 0.3) is 0 Å². The van der Waals surface area contributed by atoms with Crippen molar-refractivity contribution in [2.45, 2.75) is 38.9 Å². The first-order valence-corrected chi connectivity index (χ1v) is 5.04. The maximum absolute atomic E-state index is 12.7. The van der Waals surface area contributed by atoms with Crippen molar-refractivity contribution in [2.75, 3.05) is 0 Å². The molecule has 0 aliphatic carbocycles. The minimum absolute atomic E-state index is 0.0847. The summed E-state index contributed by atoms with van der Waals surface area (Å²) in [5.41, 5.74) is -1.01. The monoisotopic (exact) mass is 250 g/mol. The number of nitrogens with zero attached hydrogens (tertiary/aromatic N) is 2. The third kappa shape index (κ3) is 2.78. The van der Waals surface area contributed by atoms with E-state index in [1.54, 1.807) is 13.8 Å². The van der Waals surface area contributed by atoms with Gasteiger partial charge in [0.05, 0.1) is 11.6 Å². The van der Waals surface area contributed by atoms with Crippen LogP contribution in [-0.2, 0) is 11.0 Å². The second-order valence-electron chi connectivity index (χ2n) is 4.05. The maximum atomic E-state index is 12.7. The lowest BCUT2D eigenvalue weighted by Gasteiger charge is -2.12.